The Hall–Kier alpha value is -0.160. The van der Waals surface area contributed by atoms with E-state index in [2.05, 4.69) is 13.8 Å². The minimum atomic E-state index is -0.353. The average molecular weight is 379 g/mol. The zero-order chi connectivity index (χ0) is 19.1. The molecule has 0 radical (unpaired) electrons. The molecule has 0 amide bonds. The third kappa shape index (κ3) is 2.25. The van der Waals surface area contributed by atoms with Gasteiger partial charge in [0.2, 0.25) is 0 Å². The second-order valence-corrected chi connectivity index (χ2v) is 10.4. The molecule has 0 aromatic rings. The summed E-state index contributed by atoms with van der Waals surface area (Å²) in [7, 11) is 0. The Morgan fingerprint density at radius 3 is 2.37 bits per heavy atom. The zero-order valence-corrected chi connectivity index (χ0v) is 17.6. The molecular formula is C23H38O4. The fourth-order valence-electron chi connectivity index (χ4n) is 8.34. The Labute approximate surface area is 164 Å². The van der Waals surface area contributed by atoms with Gasteiger partial charge in [0, 0.05) is 18.3 Å². The molecule has 2 heterocycles. The molecule has 1 N–H and O–H groups in total. The van der Waals surface area contributed by atoms with Gasteiger partial charge in [-0.25, -0.2) is 0 Å². The fourth-order valence-corrected chi connectivity index (χ4v) is 8.34. The predicted molar refractivity (Wildman–Crippen MR) is 103 cm³/mol. The van der Waals surface area contributed by atoms with Crippen LogP contribution in [0.3, 0.4) is 0 Å². The molecule has 0 aromatic heterocycles. The van der Waals surface area contributed by atoms with Crippen LogP contribution in [0.5, 0.6) is 0 Å². The molecule has 27 heavy (non-hydrogen) atoms. The average Bonchev–Trinajstić information content (AvgIpc) is 3.02. The van der Waals surface area contributed by atoms with Crippen LogP contribution in [0.15, 0.2) is 0 Å². The van der Waals surface area contributed by atoms with Crippen LogP contribution in [-0.4, -0.2) is 41.9 Å². The molecule has 154 valence electrons. The van der Waals surface area contributed by atoms with Crippen molar-refractivity contribution in [1.29, 1.82) is 0 Å². The standard InChI is InChI=1S/C21H32O4.C2H6/c1-18-6-5-15-13(14(18)3-4-16(18)22)11-17-21(25-17)12-20(23-9-10-24-20)8-7-19(15,21)2;1-2/h13-17,22H,3-12H2,1-2H3;1-2H3. The van der Waals surface area contributed by atoms with E-state index < -0.39 is 0 Å². The molecule has 6 rings (SSSR count). The summed E-state index contributed by atoms with van der Waals surface area (Å²) in [5, 5.41) is 10.6. The highest BCUT2D eigenvalue weighted by molar-refractivity contribution is 5.25. The summed E-state index contributed by atoms with van der Waals surface area (Å²) in [4.78, 5) is 0. The normalized spacial score (nSPS) is 57.0. The van der Waals surface area contributed by atoms with Gasteiger partial charge in [-0.15, -0.1) is 0 Å². The Bertz CT molecular complexity index is 601. The number of aliphatic hydroxyl groups excluding tert-OH is 1. The molecule has 8 atom stereocenters. The van der Waals surface area contributed by atoms with Gasteiger partial charge in [0.15, 0.2) is 5.79 Å². The molecule has 6 aliphatic rings. The number of hydrogen-bond acceptors (Lipinski definition) is 4. The van der Waals surface area contributed by atoms with Crippen molar-refractivity contribution in [2.75, 3.05) is 13.2 Å². The topological polar surface area (TPSA) is 51.2 Å². The van der Waals surface area contributed by atoms with Crippen molar-refractivity contribution in [2.24, 2.45) is 28.6 Å². The van der Waals surface area contributed by atoms with Crippen LogP contribution in [0.1, 0.15) is 79.1 Å². The van der Waals surface area contributed by atoms with Gasteiger partial charge in [0.1, 0.15) is 5.60 Å². The van der Waals surface area contributed by atoms with Gasteiger partial charge in [0.25, 0.3) is 0 Å². The van der Waals surface area contributed by atoms with Crippen LogP contribution < -0.4 is 0 Å². The first-order chi connectivity index (χ1) is 12.9. The first-order valence-electron chi connectivity index (χ1n) is 11.6. The molecule has 2 spiro atoms. The van der Waals surface area contributed by atoms with Crippen LogP contribution in [0.25, 0.3) is 0 Å². The lowest BCUT2D eigenvalue weighted by Crippen LogP contribution is -2.61. The van der Waals surface area contributed by atoms with E-state index in [0.29, 0.717) is 12.0 Å². The van der Waals surface area contributed by atoms with E-state index >= 15 is 0 Å². The number of rotatable bonds is 0. The van der Waals surface area contributed by atoms with Crippen molar-refractivity contribution in [3.05, 3.63) is 0 Å². The van der Waals surface area contributed by atoms with Gasteiger partial charge < -0.3 is 19.3 Å². The largest absolute Gasteiger partial charge is 0.393 e. The minimum Gasteiger partial charge on any atom is -0.393 e. The predicted octanol–water partition coefficient (Wildman–Crippen LogP) is 4.29. The van der Waals surface area contributed by atoms with Crippen molar-refractivity contribution in [3.63, 3.8) is 0 Å². The second-order valence-electron chi connectivity index (χ2n) is 10.4. The van der Waals surface area contributed by atoms with Crippen LogP contribution in [0.4, 0.5) is 0 Å². The molecule has 4 nitrogen and oxygen atoms in total. The van der Waals surface area contributed by atoms with Crippen molar-refractivity contribution in [2.45, 2.75) is 103 Å². The number of fused-ring (bicyclic) bond motifs is 4. The van der Waals surface area contributed by atoms with Gasteiger partial charge in [-0.2, -0.15) is 0 Å². The molecule has 8 unspecified atom stereocenters. The molecule has 4 aliphatic carbocycles. The maximum absolute atomic E-state index is 10.6. The van der Waals surface area contributed by atoms with Gasteiger partial charge in [-0.05, 0) is 61.7 Å². The number of aliphatic hydroxyl groups is 1. The van der Waals surface area contributed by atoms with Crippen molar-refractivity contribution in [3.8, 4) is 0 Å². The molecular weight excluding hydrogens is 340 g/mol. The highest BCUT2D eigenvalue weighted by Gasteiger charge is 2.78. The Morgan fingerprint density at radius 1 is 0.889 bits per heavy atom. The van der Waals surface area contributed by atoms with E-state index in [4.69, 9.17) is 14.2 Å². The maximum Gasteiger partial charge on any atom is 0.171 e. The van der Waals surface area contributed by atoms with Gasteiger partial charge in [-0.3, -0.25) is 0 Å². The monoisotopic (exact) mass is 378 g/mol. The summed E-state index contributed by atoms with van der Waals surface area (Å²) in [6.07, 6.45) is 9.29. The third-order valence-corrected chi connectivity index (χ3v) is 9.84. The SMILES string of the molecule is CC.CC12CCC3C(CC4OC45CC4(CCC35C)OCCO4)C1CCC2O. The van der Waals surface area contributed by atoms with E-state index in [1.54, 1.807) is 0 Å². The van der Waals surface area contributed by atoms with Crippen molar-refractivity contribution < 1.29 is 19.3 Å². The zero-order valence-electron chi connectivity index (χ0n) is 17.6. The molecule has 4 saturated carbocycles. The van der Waals surface area contributed by atoms with Crippen molar-refractivity contribution >= 4 is 0 Å². The highest BCUT2D eigenvalue weighted by atomic mass is 16.7. The summed E-state index contributed by atoms with van der Waals surface area (Å²) in [5.74, 6) is 1.82. The smallest absolute Gasteiger partial charge is 0.171 e. The summed E-state index contributed by atoms with van der Waals surface area (Å²) < 4.78 is 18.7. The number of hydrogen-bond donors (Lipinski definition) is 1. The van der Waals surface area contributed by atoms with Crippen LogP contribution in [0.2, 0.25) is 0 Å². The lowest BCUT2D eigenvalue weighted by molar-refractivity contribution is -0.227. The first kappa shape index (κ1) is 18.8. The second kappa shape index (κ2) is 5.93. The Balaban J connectivity index is 0.000000777. The third-order valence-electron chi connectivity index (χ3n) is 9.84. The minimum absolute atomic E-state index is 0.00170. The lowest BCUT2D eigenvalue weighted by atomic mass is 9.44. The van der Waals surface area contributed by atoms with E-state index in [0.717, 1.165) is 50.7 Å². The first-order valence-corrected chi connectivity index (χ1v) is 11.6. The van der Waals surface area contributed by atoms with Gasteiger partial charge in [0.05, 0.1) is 25.4 Å². The van der Waals surface area contributed by atoms with Crippen LogP contribution in [-0.2, 0) is 14.2 Å². The van der Waals surface area contributed by atoms with E-state index in [1.165, 1.54) is 25.7 Å². The molecule has 0 bridgehead atoms. The molecule has 2 aliphatic heterocycles. The number of epoxide rings is 1. The van der Waals surface area contributed by atoms with E-state index in [9.17, 15) is 5.11 Å². The van der Waals surface area contributed by atoms with E-state index in [-0.39, 0.29) is 28.3 Å². The summed E-state index contributed by atoms with van der Waals surface area (Å²) in [6, 6.07) is 0. The summed E-state index contributed by atoms with van der Waals surface area (Å²) >= 11 is 0. The summed E-state index contributed by atoms with van der Waals surface area (Å²) in [5.41, 5.74) is 0.414. The highest BCUT2D eigenvalue weighted by Crippen LogP contribution is 2.74. The summed E-state index contributed by atoms with van der Waals surface area (Å²) in [6.45, 7) is 10.4. The lowest BCUT2D eigenvalue weighted by Gasteiger charge is -2.59. The number of ether oxygens (including phenoxy) is 3. The Kier molecular flexibility index (Phi) is 4.14. The van der Waals surface area contributed by atoms with Crippen LogP contribution >= 0.6 is 0 Å². The van der Waals surface area contributed by atoms with Crippen LogP contribution in [0, 0.1) is 28.6 Å². The molecule has 6 fully saturated rings. The Morgan fingerprint density at radius 2 is 1.63 bits per heavy atom. The molecule has 0 aromatic carbocycles. The maximum atomic E-state index is 10.6. The van der Waals surface area contributed by atoms with Gasteiger partial charge in [-0.1, -0.05) is 27.7 Å². The van der Waals surface area contributed by atoms with Gasteiger partial charge >= 0.3 is 0 Å². The molecule has 4 heteroatoms. The quantitative estimate of drug-likeness (QED) is 0.639. The van der Waals surface area contributed by atoms with E-state index in [1.807, 2.05) is 13.8 Å². The van der Waals surface area contributed by atoms with Crippen molar-refractivity contribution in [1.82, 2.24) is 0 Å². The molecule has 2 saturated heterocycles. The fraction of sp³-hybridized carbons (Fsp3) is 1.00.